The number of nitrogens with zero attached hydrogens (tertiary/aromatic N) is 7. The van der Waals surface area contributed by atoms with Gasteiger partial charge in [0.05, 0.1) is 34.6 Å². The van der Waals surface area contributed by atoms with E-state index < -0.39 is 6.04 Å². The lowest BCUT2D eigenvalue weighted by Gasteiger charge is -2.33. The summed E-state index contributed by atoms with van der Waals surface area (Å²) in [5.74, 6) is 0.765. The number of benzene rings is 1. The summed E-state index contributed by atoms with van der Waals surface area (Å²) >= 11 is 6.85. The van der Waals surface area contributed by atoms with Gasteiger partial charge in [-0.1, -0.05) is 11.6 Å². The molecule has 1 aromatic carbocycles. The standard InChI is InChI=1S/C24H25ClN10O/c1-13(28)23(36)34-6-4-15(5-7-34)18-8-14(10-26)9-19(20(18)25)31-24-32-21(30-16-2-3-16)22-29-12-17(11-27)35(22)33-24/h8-9,12-13,15-16H,2-7,28H2,1H3,(H2,30,31,32,33)/t13-/m1/s1. The second-order valence-electron chi connectivity index (χ2n) is 9.25. The van der Waals surface area contributed by atoms with E-state index in [2.05, 4.69) is 37.8 Å². The second kappa shape index (κ2) is 9.61. The first-order valence-electron chi connectivity index (χ1n) is 11.8. The fourth-order valence-electron chi connectivity index (χ4n) is 4.45. The molecule has 0 radical (unpaired) electrons. The van der Waals surface area contributed by atoms with Gasteiger partial charge in [0.1, 0.15) is 6.07 Å². The van der Waals surface area contributed by atoms with Gasteiger partial charge < -0.3 is 21.3 Å². The maximum absolute atomic E-state index is 12.3. The summed E-state index contributed by atoms with van der Waals surface area (Å²) in [5.41, 5.74) is 8.28. The zero-order valence-electron chi connectivity index (χ0n) is 19.7. The summed E-state index contributed by atoms with van der Waals surface area (Å²) in [6, 6.07) is 7.53. The van der Waals surface area contributed by atoms with Crippen molar-refractivity contribution in [1.29, 1.82) is 10.5 Å². The molecule has 1 amide bonds. The van der Waals surface area contributed by atoms with Crippen LogP contribution in [0.15, 0.2) is 18.3 Å². The number of halogens is 1. The number of rotatable bonds is 6. The summed E-state index contributed by atoms with van der Waals surface area (Å²) < 4.78 is 1.44. The van der Waals surface area contributed by atoms with Crippen LogP contribution in [0, 0.1) is 22.7 Å². The summed E-state index contributed by atoms with van der Waals surface area (Å²) in [5, 5.41) is 30.5. The molecule has 184 valence electrons. The summed E-state index contributed by atoms with van der Waals surface area (Å²) in [4.78, 5) is 22.9. The molecule has 36 heavy (non-hydrogen) atoms. The van der Waals surface area contributed by atoms with Crippen molar-refractivity contribution < 1.29 is 4.79 Å². The number of fused-ring (bicyclic) bond motifs is 1. The zero-order valence-corrected chi connectivity index (χ0v) is 20.5. The lowest BCUT2D eigenvalue weighted by atomic mass is 9.88. The van der Waals surface area contributed by atoms with Crippen LogP contribution in [-0.4, -0.2) is 55.6 Å². The summed E-state index contributed by atoms with van der Waals surface area (Å²) in [6.07, 6.45) is 4.96. The highest BCUT2D eigenvalue weighted by Crippen LogP contribution is 2.39. The number of hydrogen-bond donors (Lipinski definition) is 3. The largest absolute Gasteiger partial charge is 0.364 e. The quantitative estimate of drug-likeness (QED) is 0.458. The molecular weight excluding hydrogens is 480 g/mol. The van der Waals surface area contributed by atoms with Gasteiger partial charge >= 0.3 is 0 Å². The number of carbonyl (C=O) groups is 1. The summed E-state index contributed by atoms with van der Waals surface area (Å²) in [6.45, 7) is 2.84. The van der Waals surface area contributed by atoms with E-state index in [0.29, 0.717) is 59.7 Å². The van der Waals surface area contributed by atoms with Gasteiger partial charge in [0.2, 0.25) is 11.9 Å². The predicted molar refractivity (Wildman–Crippen MR) is 134 cm³/mol. The van der Waals surface area contributed by atoms with Crippen LogP contribution in [0.5, 0.6) is 0 Å². The molecule has 3 heterocycles. The first-order valence-corrected chi connectivity index (χ1v) is 12.2. The molecule has 1 aliphatic carbocycles. The highest BCUT2D eigenvalue weighted by molar-refractivity contribution is 6.34. The first kappa shape index (κ1) is 23.8. The maximum Gasteiger partial charge on any atom is 0.247 e. The SMILES string of the molecule is C[C@@H](N)C(=O)N1CCC(c2cc(C#N)cc(Nc3nc(NC4CC4)c4ncc(C#N)n4n3)c2Cl)CC1. The topological polar surface area (TPSA) is 161 Å². The van der Waals surface area contributed by atoms with E-state index in [1.54, 1.807) is 24.0 Å². The molecule has 2 aromatic heterocycles. The third-order valence-corrected chi connectivity index (χ3v) is 6.93. The Hall–Kier alpha value is -3.93. The van der Waals surface area contributed by atoms with E-state index in [4.69, 9.17) is 17.3 Å². The highest BCUT2D eigenvalue weighted by atomic mass is 35.5. The number of nitrogens with two attached hydrogens (primary N) is 1. The maximum atomic E-state index is 12.3. The van der Waals surface area contributed by atoms with E-state index in [-0.39, 0.29) is 23.5 Å². The Kier molecular flexibility index (Phi) is 6.35. The van der Waals surface area contributed by atoms with Crippen LogP contribution in [0.25, 0.3) is 5.65 Å². The van der Waals surface area contributed by atoms with E-state index in [0.717, 1.165) is 18.4 Å². The van der Waals surface area contributed by atoms with Crippen molar-refractivity contribution >= 4 is 40.6 Å². The minimum Gasteiger partial charge on any atom is -0.364 e. The predicted octanol–water partition coefficient (Wildman–Crippen LogP) is 2.89. The van der Waals surface area contributed by atoms with Crippen LogP contribution in [-0.2, 0) is 4.79 Å². The lowest BCUT2D eigenvalue weighted by Crippen LogP contribution is -2.45. The van der Waals surface area contributed by atoms with Crippen molar-refractivity contribution in [3.8, 4) is 12.1 Å². The van der Waals surface area contributed by atoms with E-state index in [1.807, 2.05) is 0 Å². The minimum absolute atomic E-state index is 0.0629. The Labute approximate surface area is 212 Å². The van der Waals surface area contributed by atoms with Crippen LogP contribution < -0.4 is 16.4 Å². The number of carbonyl (C=O) groups excluding carboxylic acids is 1. The number of aromatic nitrogens is 4. The van der Waals surface area contributed by atoms with Crippen molar-refractivity contribution in [2.45, 2.75) is 50.6 Å². The molecule has 1 atom stereocenters. The third kappa shape index (κ3) is 4.63. The van der Waals surface area contributed by atoms with Crippen LogP contribution in [0.2, 0.25) is 5.02 Å². The Bertz CT molecular complexity index is 1410. The lowest BCUT2D eigenvalue weighted by molar-refractivity contribution is -0.133. The van der Waals surface area contributed by atoms with Crippen molar-refractivity contribution in [3.63, 3.8) is 0 Å². The van der Waals surface area contributed by atoms with Gasteiger partial charge in [-0.3, -0.25) is 4.79 Å². The van der Waals surface area contributed by atoms with Gasteiger partial charge in [0.25, 0.3) is 0 Å². The third-order valence-electron chi connectivity index (χ3n) is 6.51. The number of nitrogens with one attached hydrogen (secondary N) is 2. The molecule has 3 aromatic rings. The molecule has 0 unspecified atom stereocenters. The van der Waals surface area contributed by atoms with Crippen LogP contribution in [0.1, 0.15) is 55.3 Å². The van der Waals surface area contributed by atoms with Gasteiger partial charge in [-0.25, -0.2) is 4.98 Å². The molecule has 4 N–H and O–H groups in total. The molecule has 2 aliphatic rings. The fourth-order valence-corrected chi connectivity index (χ4v) is 4.76. The van der Waals surface area contributed by atoms with E-state index in [9.17, 15) is 15.3 Å². The molecule has 5 rings (SSSR count). The smallest absolute Gasteiger partial charge is 0.247 e. The van der Waals surface area contributed by atoms with Gasteiger partial charge in [-0.15, -0.1) is 5.10 Å². The first-order chi connectivity index (χ1) is 17.4. The number of amides is 1. The van der Waals surface area contributed by atoms with Crippen LogP contribution in [0.4, 0.5) is 17.5 Å². The molecule has 11 nitrogen and oxygen atoms in total. The normalized spacial score (nSPS) is 16.9. The number of anilines is 3. The number of piperidine rings is 1. The molecule has 0 bridgehead atoms. The molecule has 2 fully saturated rings. The molecular formula is C24H25ClN10O. The van der Waals surface area contributed by atoms with Gasteiger partial charge in [-0.2, -0.15) is 20.0 Å². The Morgan fingerprint density at radius 2 is 1.97 bits per heavy atom. The van der Waals surface area contributed by atoms with E-state index >= 15 is 0 Å². The molecule has 1 saturated carbocycles. The average Bonchev–Trinajstić information content (AvgIpc) is 3.60. The second-order valence-corrected chi connectivity index (χ2v) is 9.62. The van der Waals surface area contributed by atoms with Gasteiger partial charge in [0, 0.05) is 19.1 Å². The molecule has 1 aliphatic heterocycles. The molecule has 1 saturated heterocycles. The van der Waals surface area contributed by atoms with Crippen LogP contribution in [0.3, 0.4) is 0 Å². The summed E-state index contributed by atoms with van der Waals surface area (Å²) in [7, 11) is 0. The molecule has 0 spiro atoms. The zero-order chi connectivity index (χ0) is 25.4. The average molecular weight is 505 g/mol. The number of imidazole rings is 1. The van der Waals surface area contributed by atoms with Crippen molar-refractivity contribution in [2.24, 2.45) is 5.73 Å². The van der Waals surface area contributed by atoms with Crippen molar-refractivity contribution in [1.82, 2.24) is 24.5 Å². The van der Waals surface area contributed by atoms with Crippen molar-refractivity contribution in [3.05, 3.63) is 40.2 Å². The monoisotopic (exact) mass is 504 g/mol. The Morgan fingerprint density at radius 3 is 2.61 bits per heavy atom. The van der Waals surface area contributed by atoms with Crippen LogP contribution >= 0.6 is 11.6 Å². The number of nitriles is 2. The Morgan fingerprint density at radius 1 is 1.22 bits per heavy atom. The minimum atomic E-state index is -0.531. The molecule has 12 heteroatoms. The van der Waals surface area contributed by atoms with Gasteiger partial charge in [-0.05, 0) is 56.2 Å². The van der Waals surface area contributed by atoms with Gasteiger partial charge in [0.15, 0.2) is 17.2 Å². The van der Waals surface area contributed by atoms with Crippen molar-refractivity contribution in [2.75, 3.05) is 23.7 Å². The Balaban J connectivity index is 1.46. The van der Waals surface area contributed by atoms with E-state index in [1.165, 1.54) is 10.7 Å². The number of likely N-dealkylation sites (tertiary alicyclic amines) is 1. The number of hydrogen-bond acceptors (Lipinski definition) is 9. The highest BCUT2D eigenvalue weighted by Gasteiger charge is 2.28. The fraction of sp³-hybridized carbons (Fsp3) is 0.417.